The summed E-state index contributed by atoms with van der Waals surface area (Å²) < 4.78 is 1.14. The standard InChI is InChI=1S/C12H11BrClNS2/c13-12-6-5-10(17-12)11(7-15)16-9-3-1-8(14)2-4-9/h1-6,11H,7,15H2. The molecule has 2 rings (SSSR count). The van der Waals surface area contributed by atoms with Crippen LogP contribution in [0.2, 0.25) is 5.02 Å². The SMILES string of the molecule is NCC(Sc1ccc(Cl)cc1)c1ccc(Br)s1. The first-order chi connectivity index (χ1) is 8.19. The van der Waals surface area contributed by atoms with Crippen molar-refractivity contribution in [1.29, 1.82) is 0 Å². The lowest BCUT2D eigenvalue weighted by molar-refractivity contribution is 0.960. The number of halogens is 2. The summed E-state index contributed by atoms with van der Waals surface area (Å²) in [4.78, 5) is 2.48. The number of thioether (sulfide) groups is 1. The van der Waals surface area contributed by atoms with Crippen molar-refractivity contribution in [2.24, 2.45) is 5.73 Å². The third kappa shape index (κ3) is 3.73. The maximum atomic E-state index is 5.86. The third-order valence-corrected chi connectivity index (χ3v) is 5.63. The van der Waals surface area contributed by atoms with Crippen LogP contribution in [0.5, 0.6) is 0 Å². The van der Waals surface area contributed by atoms with Gasteiger partial charge in [-0.15, -0.1) is 23.1 Å². The molecule has 5 heteroatoms. The Morgan fingerprint density at radius 3 is 2.47 bits per heavy atom. The van der Waals surface area contributed by atoms with Gasteiger partial charge in [0.1, 0.15) is 0 Å². The largest absolute Gasteiger partial charge is 0.329 e. The molecule has 0 bridgehead atoms. The molecule has 1 atom stereocenters. The molecule has 2 N–H and O–H groups in total. The molecule has 0 saturated carbocycles. The first-order valence-electron chi connectivity index (χ1n) is 5.06. The Balaban J connectivity index is 2.12. The van der Waals surface area contributed by atoms with Gasteiger partial charge >= 0.3 is 0 Å². The molecular formula is C12H11BrClNS2. The molecule has 2 aromatic rings. The summed E-state index contributed by atoms with van der Waals surface area (Å²) in [7, 11) is 0. The number of benzene rings is 1. The predicted molar refractivity (Wildman–Crippen MR) is 81.1 cm³/mol. The molecule has 1 aromatic heterocycles. The van der Waals surface area contributed by atoms with Crippen LogP contribution < -0.4 is 5.73 Å². The van der Waals surface area contributed by atoms with Gasteiger partial charge in [0, 0.05) is 21.3 Å². The second-order valence-electron chi connectivity index (χ2n) is 3.44. The van der Waals surface area contributed by atoms with Gasteiger partial charge in [0.15, 0.2) is 0 Å². The Morgan fingerprint density at radius 2 is 1.94 bits per heavy atom. The van der Waals surface area contributed by atoms with E-state index in [4.69, 9.17) is 17.3 Å². The Morgan fingerprint density at radius 1 is 1.24 bits per heavy atom. The summed E-state index contributed by atoms with van der Waals surface area (Å²) in [6.07, 6.45) is 0. The molecule has 0 fully saturated rings. The smallest absolute Gasteiger partial charge is 0.0701 e. The van der Waals surface area contributed by atoms with Gasteiger partial charge < -0.3 is 5.73 Å². The van der Waals surface area contributed by atoms with Crippen LogP contribution in [0.25, 0.3) is 0 Å². The molecule has 1 heterocycles. The van der Waals surface area contributed by atoms with Crippen molar-refractivity contribution in [1.82, 2.24) is 0 Å². The maximum absolute atomic E-state index is 5.86. The van der Waals surface area contributed by atoms with E-state index in [0.29, 0.717) is 11.8 Å². The quantitative estimate of drug-likeness (QED) is 0.791. The molecule has 0 saturated heterocycles. The van der Waals surface area contributed by atoms with Gasteiger partial charge in [-0.2, -0.15) is 0 Å². The average molecular weight is 349 g/mol. The summed E-state index contributed by atoms with van der Waals surface area (Å²) in [6, 6.07) is 12.0. The normalized spacial score (nSPS) is 12.6. The lowest BCUT2D eigenvalue weighted by Gasteiger charge is -2.12. The Hall–Kier alpha value is -0.0000000000000000833. The topological polar surface area (TPSA) is 26.0 Å². The number of thiophene rings is 1. The first kappa shape index (κ1) is 13.4. The van der Waals surface area contributed by atoms with Gasteiger partial charge in [0.05, 0.1) is 9.04 Å². The van der Waals surface area contributed by atoms with Crippen molar-refractivity contribution in [3.8, 4) is 0 Å². The van der Waals surface area contributed by atoms with E-state index in [9.17, 15) is 0 Å². The Labute approximate surface area is 122 Å². The van der Waals surface area contributed by atoms with Crippen LogP contribution in [0, 0.1) is 0 Å². The summed E-state index contributed by atoms with van der Waals surface area (Å²) in [6.45, 7) is 0.625. The van der Waals surface area contributed by atoms with E-state index in [1.165, 1.54) is 9.77 Å². The van der Waals surface area contributed by atoms with Crippen LogP contribution in [-0.4, -0.2) is 6.54 Å². The Bertz CT molecular complexity index is 484. The van der Waals surface area contributed by atoms with Crippen molar-refractivity contribution in [2.75, 3.05) is 6.54 Å². The number of rotatable bonds is 4. The zero-order chi connectivity index (χ0) is 12.3. The molecule has 0 amide bonds. The van der Waals surface area contributed by atoms with Crippen LogP contribution in [0.15, 0.2) is 45.1 Å². The summed E-state index contributed by atoms with van der Waals surface area (Å²) >= 11 is 12.8. The second kappa shape index (κ2) is 6.25. The van der Waals surface area contributed by atoms with Gasteiger partial charge in [-0.1, -0.05) is 11.6 Å². The molecular weight excluding hydrogens is 338 g/mol. The van der Waals surface area contributed by atoms with E-state index in [-0.39, 0.29) is 0 Å². The highest BCUT2D eigenvalue weighted by atomic mass is 79.9. The van der Waals surface area contributed by atoms with Crippen molar-refractivity contribution in [2.45, 2.75) is 10.1 Å². The van der Waals surface area contributed by atoms with E-state index in [1.807, 2.05) is 24.3 Å². The van der Waals surface area contributed by atoms with Gasteiger partial charge in [0.2, 0.25) is 0 Å². The molecule has 0 spiro atoms. The van der Waals surface area contributed by atoms with E-state index in [1.54, 1.807) is 23.1 Å². The molecule has 1 aromatic carbocycles. The van der Waals surface area contributed by atoms with Crippen molar-refractivity contribution >= 4 is 50.6 Å². The zero-order valence-corrected chi connectivity index (χ0v) is 12.9. The van der Waals surface area contributed by atoms with Crippen LogP contribution in [0.3, 0.4) is 0 Å². The second-order valence-corrected chi connectivity index (χ2v) is 7.65. The van der Waals surface area contributed by atoms with Gasteiger partial charge in [0.25, 0.3) is 0 Å². The Kier molecular flexibility index (Phi) is 4.94. The minimum Gasteiger partial charge on any atom is -0.329 e. The summed E-state index contributed by atoms with van der Waals surface area (Å²) in [5.74, 6) is 0. The van der Waals surface area contributed by atoms with Gasteiger partial charge in [-0.05, 0) is 52.3 Å². The summed E-state index contributed by atoms with van der Waals surface area (Å²) in [5.41, 5.74) is 5.84. The van der Waals surface area contributed by atoms with Gasteiger partial charge in [-0.3, -0.25) is 0 Å². The lowest BCUT2D eigenvalue weighted by Crippen LogP contribution is -2.07. The number of hydrogen-bond donors (Lipinski definition) is 1. The monoisotopic (exact) mass is 347 g/mol. The van der Waals surface area contributed by atoms with Crippen LogP contribution in [0.4, 0.5) is 0 Å². The zero-order valence-electron chi connectivity index (χ0n) is 8.90. The van der Waals surface area contributed by atoms with Crippen LogP contribution >= 0.6 is 50.6 Å². The highest BCUT2D eigenvalue weighted by Gasteiger charge is 2.13. The first-order valence-corrected chi connectivity index (χ1v) is 7.93. The highest BCUT2D eigenvalue weighted by Crippen LogP contribution is 2.39. The van der Waals surface area contributed by atoms with E-state index >= 15 is 0 Å². The number of hydrogen-bond acceptors (Lipinski definition) is 3. The lowest BCUT2D eigenvalue weighted by atomic mass is 10.3. The molecule has 1 nitrogen and oxygen atoms in total. The average Bonchev–Trinajstić information content (AvgIpc) is 2.75. The minimum absolute atomic E-state index is 0.299. The molecule has 0 aliphatic carbocycles. The van der Waals surface area contributed by atoms with Crippen molar-refractivity contribution < 1.29 is 0 Å². The van der Waals surface area contributed by atoms with Crippen molar-refractivity contribution in [3.63, 3.8) is 0 Å². The molecule has 0 radical (unpaired) electrons. The third-order valence-electron chi connectivity index (χ3n) is 2.22. The molecule has 90 valence electrons. The highest BCUT2D eigenvalue weighted by molar-refractivity contribution is 9.11. The van der Waals surface area contributed by atoms with Crippen LogP contribution in [0.1, 0.15) is 10.1 Å². The fourth-order valence-electron chi connectivity index (χ4n) is 1.40. The van der Waals surface area contributed by atoms with E-state index < -0.39 is 0 Å². The van der Waals surface area contributed by atoms with Crippen LogP contribution in [-0.2, 0) is 0 Å². The van der Waals surface area contributed by atoms with E-state index in [2.05, 4.69) is 28.1 Å². The fraction of sp³-hybridized carbons (Fsp3) is 0.167. The maximum Gasteiger partial charge on any atom is 0.0701 e. The molecule has 17 heavy (non-hydrogen) atoms. The van der Waals surface area contributed by atoms with Crippen molar-refractivity contribution in [3.05, 3.63) is 50.1 Å². The van der Waals surface area contributed by atoms with Gasteiger partial charge in [-0.25, -0.2) is 0 Å². The predicted octanol–water partition coefficient (Wildman–Crippen LogP) is 4.96. The molecule has 0 aliphatic rings. The van der Waals surface area contributed by atoms with E-state index in [0.717, 1.165) is 8.81 Å². The molecule has 1 unspecified atom stereocenters. The minimum atomic E-state index is 0.299. The number of nitrogens with two attached hydrogens (primary N) is 1. The molecule has 0 aliphatic heterocycles. The fourth-order valence-corrected chi connectivity index (χ4v) is 4.15. The summed E-state index contributed by atoms with van der Waals surface area (Å²) in [5, 5.41) is 1.06.